The topological polar surface area (TPSA) is 46.5 Å². The summed E-state index contributed by atoms with van der Waals surface area (Å²) < 4.78 is 7.10. The smallest absolute Gasteiger partial charge is 0.192 e. The molecule has 6 atom stereocenters. The molecule has 4 heteroatoms. The second-order valence-electron chi connectivity index (χ2n) is 11.5. The molecule has 3 nitrogen and oxygen atoms in total. The third-order valence-corrected chi connectivity index (χ3v) is 13.7. The van der Waals surface area contributed by atoms with Crippen LogP contribution in [0.4, 0.5) is 0 Å². The molecule has 0 bridgehead atoms. The van der Waals surface area contributed by atoms with Gasteiger partial charge in [0.25, 0.3) is 0 Å². The van der Waals surface area contributed by atoms with Crippen molar-refractivity contribution in [2.45, 2.75) is 96.6 Å². The third-order valence-electron chi connectivity index (χ3n) is 9.19. The van der Waals surface area contributed by atoms with Gasteiger partial charge in [-0.1, -0.05) is 34.1 Å². The van der Waals surface area contributed by atoms with Gasteiger partial charge >= 0.3 is 0 Å². The van der Waals surface area contributed by atoms with Crippen LogP contribution in [0.15, 0.2) is 11.6 Å². The van der Waals surface area contributed by atoms with Crippen LogP contribution in [0.3, 0.4) is 0 Å². The number of carbonyl (C=O) groups is 1. The maximum Gasteiger partial charge on any atom is 0.192 e. The molecule has 1 spiro atoms. The maximum atomic E-state index is 13.0. The average molecular weight is 377 g/mol. The van der Waals surface area contributed by atoms with Crippen molar-refractivity contribution < 1.29 is 14.3 Å². The van der Waals surface area contributed by atoms with E-state index in [1.165, 1.54) is 12.8 Å². The zero-order valence-corrected chi connectivity index (χ0v) is 18.6. The second-order valence-corrected chi connectivity index (χ2v) is 16.2. The first-order valence-corrected chi connectivity index (χ1v) is 13.3. The molecule has 0 aliphatic heterocycles. The van der Waals surface area contributed by atoms with Crippen LogP contribution in [0.2, 0.25) is 18.1 Å². The summed E-state index contributed by atoms with van der Waals surface area (Å²) in [6, 6.07) is 0. The number of rotatable bonds is 2. The van der Waals surface area contributed by atoms with E-state index in [0.29, 0.717) is 5.92 Å². The summed E-state index contributed by atoms with van der Waals surface area (Å²) in [4.78, 5) is 13.0. The van der Waals surface area contributed by atoms with Crippen LogP contribution in [0.25, 0.3) is 0 Å². The molecule has 0 saturated heterocycles. The van der Waals surface area contributed by atoms with Crippen molar-refractivity contribution in [3.05, 3.63) is 11.6 Å². The number of aliphatic hydroxyl groups excluding tert-OH is 1. The molecule has 0 aromatic rings. The quantitative estimate of drug-likeness (QED) is 0.701. The highest BCUT2D eigenvalue weighted by molar-refractivity contribution is 6.74. The lowest BCUT2D eigenvalue weighted by molar-refractivity contribution is -0.149. The number of hydrogen-bond acceptors (Lipinski definition) is 3. The molecule has 26 heavy (non-hydrogen) atoms. The minimum absolute atomic E-state index is 0.0929. The Kier molecular flexibility index (Phi) is 3.72. The fourth-order valence-corrected chi connectivity index (χ4v) is 8.41. The molecule has 4 rings (SSSR count). The summed E-state index contributed by atoms with van der Waals surface area (Å²) >= 11 is 0. The fraction of sp³-hybridized carbons (Fsp3) is 0.864. The van der Waals surface area contributed by atoms with Crippen LogP contribution in [0.1, 0.15) is 66.7 Å². The van der Waals surface area contributed by atoms with Gasteiger partial charge in [0.2, 0.25) is 0 Å². The highest BCUT2D eigenvalue weighted by Crippen LogP contribution is 2.81. The number of allylic oxidation sites excluding steroid dienone is 1. The molecule has 0 heterocycles. The van der Waals surface area contributed by atoms with Crippen LogP contribution in [0, 0.1) is 22.7 Å². The van der Waals surface area contributed by atoms with E-state index in [9.17, 15) is 9.90 Å². The average Bonchev–Trinajstić information content (AvgIpc) is 2.88. The van der Waals surface area contributed by atoms with Gasteiger partial charge in [-0.05, 0) is 68.3 Å². The van der Waals surface area contributed by atoms with Gasteiger partial charge in [-0.2, -0.15) is 0 Å². The van der Waals surface area contributed by atoms with Crippen LogP contribution in [-0.2, 0) is 9.22 Å². The van der Waals surface area contributed by atoms with Gasteiger partial charge in [0.1, 0.15) is 0 Å². The molecule has 3 fully saturated rings. The van der Waals surface area contributed by atoms with Crippen molar-refractivity contribution in [3.63, 3.8) is 0 Å². The van der Waals surface area contributed by atoms with Crippen LogP contribution < -0.4 is 0 Å². The van der Waals surface area contributed by atoms with E-state index in [1.807, 2.05) is 6.92 Å². The van der Waals surface area contributed by atoms with Crippen LogP contribution >= 0.6 is 0 Å². The molecule has 0 amide bonds. The Hall–Kier alpha value is -0.453. The molecule has 0 aromatic carbocycles. The Morgan fingerprint density at radius 2 is 1.96 bits per heavy atom. The lowest BCUT2D eigenvalue weighted by Gasteiger charge is -2.56. The molecule has 4 aliphatic carbocycles. The standard InChI is InChI=1S/C22H36O3Si/c1-14-11-16(23)15-12-22(25-26(6,7)19(2,3)4)13-21(22)10-8-9-17(21)20(15,5)18(14)24/h11,15,17-18,24H,8-10,12-13H2,1-7H3/t15-,17+,18+,20+,21-,22+/m1/s1. The van der Waals surface area contributed by atoms with E-state index in [0.717, 1.165) is 24.8 Å². The first-order chi connectivity index (χ1) is 11.8. The van der Waals surface area contributed by atoms with E-state index in [2.05, 4.69) is 40.8 Å². The molecule has 146 valence electrons. The zero-order chi connectivity index (χ0) is 19.3. The lowest BCUT2D eigenvalue weighted by Crippen LogP contribution is -2.59. The molecule has 0 aromatic heterocycles. The van der Waals surface area contributed by atoms with Gasteiger partial charge in [0, 0.05) is 16.7 Å². The summed E-state index contributed by atoms with van der Waals surface area (Å²) in [5.41, 5.74) is 0.625. The number of carbonyl (C=O) groups excluding carboxylic acids is 1. The molecular formula is C22H36O3Si. The number of hydrogen-bond donors (Lipinski definition) is 1. The minimum Gasteiger partial charge on any atom is -0.411 e. The Morgan fingerprint density at radius 3 is 2.58 bits per heavy atom. The lowest BCUT2D eigenvalue weighted by atomic mass is 9.51. The highest BCUT2D eigenvalue weighted by Gasteiger charge is 2.81. The summed E-state index contributed by atoms with van der Waals surface area (Å²) in [5, 5.41) is 11.3. The highest BCUT2D eigenvalue weighted by atomic mass is 28.4. The van der Waals surface area contributed by atoms with Crippen LogP contribution in [0.5, 0.6) is 0 Å². The second kappa shape index (κ2) is 5.12. The zero-order valence-electron chi connectivity index (χ0n) is 17.6. The van der Waals surface area contributed by atoms with Gasteiger partial charge in [-0.3, -0.25) is 4.79 Å². The van der Waals surface area contributed by atoms with E-state index >= 15 is 0 Å². The predicted molar refractivity (Wildman–Crippen MR) is 106 cm³/mol. The number of fused-ring (bicyclic) bond motifs is 2. The predicted octanol–water partition coefficient (Wildman–Crippen LogP) is 4.85. The van der Waals surface area contributed by atoms with Crippen molar-refractivity contribution >= 4 is 14.1 Å². The van der Waals surface area contributed by atoms with Gasteiger partial charge < -0.3 is 9.53 Å². The summed E-state index contributed by atoms with van der Waals surface area (Å²) in [6.07, 6.45) is 6.68. The van der Waals surface area contributed by atoms with Gasteiger partial charge in [0.15, 0.2) is 14.1 Å². The minimum atomic E-state index is -1.91. The van der Waals surface area contributed by atoms with E-state index in [-0.39, 0.29) is 33.2 Å². The van der Waals surface area contributed by atoms with E-state index < -0.39 is 14.4 Å². The Balaban J connectivity index is 1.76. The Bertz CT molecular complexity index is 690. The first-order valence-electron chi connectivity index (χ1n) is 10.4. The van der Waals surface area contributed by atoms with Gasteiger partial charge in [-0.25, -0.2) is 0 Å². The van der Waals surface area contributed by atoms with E-state index in [1.54, 1.807) is 6.08 Å². The molecule has 4 aliphatic rings. The fourth-order valence-electron chi connectivity index (χ4n) is 6.77. The number of ketones is 1. The van der Waals surface area contributed by atoms with Crippen molar-refractivity contribution in [3.8, 4) is 0 Å². The molecule has 3 saturated carbocycles. The molecule has 0 radical (unpaired) electrons. The normalized spacial score (nSPS) is 47.8. The Morgan fingerprint density at radius 1 is 1.31 bits per heavy atom. The SMILES string of the molecule is CC1=CC(=O)[C@H]2C[C@]3(O[Si](C)(C)C(C)(C)C)C[C@@]34CCC[C@H]4[C@@]2(C)[C@H]1O. The molecular weight excluding hydrogens is 340 g/mol. The van der Waals surface area contributed by atoms with Crippen molar-refractivity contribution in [2.75, 3.05) is 0 Å². The Labute approximate surface area is 159 Å². The third kappa shape index (κ3) is 2.10. The van der Waals surface area contributed by atoms with Crippen molar-refractivity contribution in [2.24, 2.45) is 22.7 Å². The largest absolute Gasteiger partial charge is 0.411 e. The first kappa shape index (κ1) is 18.9. The summed E-state index contributed by atoms with van der Waals surface area (Å²) in [6.45, 7) is 15.7. The number of aliphatic hydroxyl groups is 1. The monoisotopic (exact) mass is 376 g/mol. The van der Waals surface area contributed by atoms with E-state index in [4.69, 9.17) is 4.43 Å². The van der Waals surface area contributed by atoms with Crippen molar-refractivity contribution in [1.82, 2.24) is 0 Å². The molecule has 1 N–H and O–H groups in total. The summed E-state index contributed by atoms with van der Waals surface area (Å²) in [5.74, 6) is 0.534. The maximum absolute atomic E-state index is 13.0. The van der Waals surface area contributed by atoms with Gasteiger partial charge in [-0.15, -0.1) is 0 Å². The van der Waals surface area contributed by atoms with Crippen molar-refractivity contribution in [1.29, 1.82) is 0 Å². The van der Waals surface area contributed by atoms with Gasteiger partial charge in [0.05, 0.1) is 11.7 Å². The van der Waals surface area contributed by atoms with Crippen LogP contribution in [-0.4, -0.2) is 30.9 Å². The summed E-state index contributed by atoms with van der Waals surface area (Å²) in [7, 11) is -1.91. The molecule has 0 unspecified atom stereocenters.